The van der Waals surface area contributed by atoms with Crippen molar-refractivity contribution < 1.29 is 23.1 Å². The second-order valence-corrected chi connectivity index (χ2v) is 4.38. The van der Waals surface area contributed by atoms with Gasteiger partial charge in [-0.05, 0) is 36.8 Å². The molecule has 0 aromatic heterocycles. The van der Waals surface area contributed by atoms with Gasteiger partial charge >= 0.3 is 6.61 Å². The maximum Gasteiger partial charge on any atom is 0.387 e. The lowest BCUT2D eigenvalue weighted by atomic mass is 9.98. The first-order valence-corrected chi connectivity index (χ1v) is 6.18. The van der Waals surface area contributed by atoms with Gasteiger partial charge in [0, 0.05) is 11.1 Å². The average molecular weight is 290 g/mol. The molecule has 0 bridgehead atoms. The van der Waals surface area contributed by atoms with Crippen molar-refractivity contribution in [3.05, 3.63) is 65.2 Å². The largest absolute Gasteiger partial charge is 0.435 e. The number of carbonyl (C=O) groups is 2. The Morgan fingerprint density at radius 1 is 0.952 bits per heavy atom. The molecule has 0 fully saturated rings. The minimum absolute atomic E-state index is 0.0649. The average Bonchev–Trinajstić information content (AvgIpc) is 2.46. The first-order chi connectivity index (χ1) is 9.99. The molecular formula is C16H12F2O3. The van der Waals surface area contributed by atoms with E-state index in [-0.39, 0.29) is 11.3 Å². The molecule has 0 atom stereocenters. The number of ketones is 2. The zero-order valence-electron chi connectivity index (χ0n) is 11.2. The minimum Gasteiger partial charge on any atom is -0.435 e. The minimum atomic E-state index is -2.93. The number of halogens is 2. The summed E-state index contributed by atoms with van der Waals surface area (Å²) in [6.45, 7) is -1.19. The van der Waals surface area contributed by atoms with Crippen LogP contribution in [0.1, 0.15) is 26.3 Å². The molecule has 0 heterocycles. The monoisotopic (exact) mass is 290 g/mol. The van der Waals surface area contributed by atoms with E-state index < -0.39 is 18.2 Å². The fourth-order valence-electron chi connectivity index (χ4n) is 1.87. The van der Waals surface area contributed by atoms with Crippen LogP contribution in [0.2, 0.25) is 0 Å². The van der Waals surface area contributed by atoms with Gasteiger partial charge in [0.05, 0.1) is 0 Å². The van der Waals surface area contributed by atoms with Crippen LogP contribution in [0.3, 0.4) is 0 Å². The number of ether oxygens (including phenoxy) is 1. The Balaban J connectivity index is 2.20. The summed E-state index contributed by atoms with van der Waals surface area (Å²) in [5.74, 6) is -1.38. The van der Waals surface area contributed by atoms with Crippen LogP contribution in [-0.2, 0) is 0 Å². The number of hydrogen-bond donors (Lipinski definition) is 0. The van der Waals surface area contributed by atoms with E-state index >= 15 is 0 Å². The molecule has 0 aliphatic heterocycles. The van der Waals surface area contributed by atoms with E-state index in [1.807, 2.05) is 0 Å². The van der Waals surface area contributed by atoms with Crippen LogP contribution in [0, 0.1) is 6.92 Å². The van der Waals surface area contributed by atoms with Gasteiger partial charge in [0.25, 0.3) is 0 Å². The van der Waals surface area contributed by atoms with Gasteiger partial charge in [-0.25, -0.2) is 0 Å². The summed E-state index contributed by atoms with van der Waals surface area (Å²) in [6, 6.07) is 11.8. The topological polar surface area (TPSA) is 43.4 Å². The lowest BCUT2D eigenvalue weighted by Gasteiger charge is -2.06. The molecule has 3 nitrogen and oxygen atoms in total. The molecular weight excluding hydrogens is 278 g/mol. The summed E-state index contributed by atoms with van der Waals surface area (Å²) in [4.78, 5) is 24.2. The van der Waals surface area contributed by atoms with Crippen molar-refractivity contribution in [3.63, 3.8) is 0 Å². The van der Waals surface area contributed by atoms with Gasteiger partial charge in [0.15, 0.2) is 0 Å². The zero-order valence-corrected chi connectivity index (χ0v) is 11.2. The van der Waals surface area contributed by atoms with Gasteiger partial charge in [0.2, 0.25) is 11.6 Å². The number of benzene rings is 2. The third-order valence-electron chi connectivity index (χ3n) is 2.94. The predicted octanol–water partition coefficient (Wildman–Crippen LogP) is 3.66. The van der Waals surface area contributed by atoms with E-state index in [0.29, 0.717) is 11.1 Å². The summed E-state index contributed by atoms with van der Waals surface area (Å²) < 4.78 is 28.2. The third kappa shape index (κ3) is 3.51. The molecule has 0 spiro atoms. The van der Waals surface area contributed by atoms with E-state index in [1.165, 1.54) is 24.3 Å². The number of carbonyl (C=O) groups excluding carboxylic acids is 2. The van der Waals surface area contributed by atoms with Gasteiger partial charge in [-0.15, -0.1) is 0 Å². The zero-order chi connectivity index (χ0) is 15.4. The second kappa shape index (κ2) is 6.26. The molecule has 0 N–H and O–H groups in total. The van der Waals surface area contributed by atoms with E-state index in [9.17, 15) is 18.4 Å². The molecule has 108 valence electrons. The molecule has 0 radical (unpaired) electrons. The number of rotatable bonds is 5. The van der Waals surface area contributed by atoms with E-state index in [2.05, 4.69) is 4.74 Å². The Morgan fingerprint density at radius 2 is 1.57 bits per heavy atom. The lowest BCUT2D eigenvalue weighted by molar-refractivity contribution is -0.0498. The molecule has 0 saturated heterocycles. The highest BCUT2D eigenvalue weighted by Crippen LogP contribution is 2.17. The first kappa shape index (κ1) is 14.8. The van der Waals surface area contributed by atoms with Crippen molar-refractivity contribution >= 4 is 11.6 Å². The van der Waals surface area contributed by atoms with Gasteiger partial charge in [0.1, 0.15) is 5.75 Å². The molecule has 21 heavy (non-hydrogen) atoms. The maximum atomic E-state index is 12.1. The second-order valence-electron chi connectivity index (χ2n) is 4.38. The van der Waals surface area contributed by atoms with Gasteiger partial charge in [-0.1, -0.05) is 24.3 Å². The molecule has 5 heteroatoms. The van der Waals surface area contributed by atoms with E-state index in [4.69, 9.17) is 0 Å². The van der Waals surface area contributed by atoms with Crippen LogP contribution in [0.5, 0.6) is 5.75 Å². The molecule has 0 amide bonds. The highest BCUT2D eigenvalue weighted by atomic mass is 19.3. The maximum absolute atomic E-state index is 12.1. The van der Waals surface area contributed by atoms with Crippen LogP contribution in [0.15, 0.2) is 48.5 Å². The summed E-state index contributed by atoms with van der Waals surface area (Å²) in [6.07, 6.45) is 0. The Morgan fingerprint density at radius 3 is 2.14 bits per heavy atom. The van der Waals surface area contributed by atoms with Crippen molar-refractivity contribution in [1.82, 2.24) is 0 Å². The summed E-state index contributed by atoms with van der Waals surface area (Å²) in [5, 5.41) is 0. The molecule has 2 aromatic carbocycles. The van der Waals surface area contributed by atoms with Gasteiger partial charge in [-0.3, -0.25) is 9.59 Å². The molecule has 0 aliphatic rings. The van der Waals surface area contributed by atoms with Crippen molar-refractivity contribution in [2.24, 2.45) is 0 Å². The highest BCUT2D eigenvalue weighted by molar-refractivity contribution is 6.49. The summed E-state index contributed by atoms with van der Waals surface area (Å²) >= 11 is 0. The van der Waals surface area contributed by atoms with Crippen LogP contribution >= 0.6 is 0 Å². The van der Waals surface area contributed by atoms with Crippen molar-refractivity contribution in [2.45, 2.75) is 13.5 Å². The molecule has 2 aromatic rings. The Labute approximate surface area is 120 Å². The fraction of sp³-hybridized carbons (Fsp3) is 0.125. The quantitative estimate of drug-likeness (QED) is 0.623. The molecule has 0 aliphatic carbocycles. The van der Waals surface area contributed by atoms with E-state index in [0.717, 1.165) is 0 Å². The Bertz CT molecular complexity index is 663. The Kier molecular flexibility index (Phi) is 4.42. The van der Waals surface area contributed by atoms with E-state index in [1.54, 1.807) is 31.2 Å². The Hall–Kier alpha value is -2.56. The normalized spacial score (nSPS) is 10.5. The summed E-state index contributed by atoms with van der Waals surface area (Å²) in [7, 11) is 0. The number of aryl methyl sites for hydroxylation is 1. The van der Waals surface area contributed by atoms with Gasteiger partial charge < -0.3 is 4.74 Å². The van der Waals surface area contributed by atoms with Crippen LogP contribution in [0.4, 0.5) is 8.78 Å². The predicted molar refractivity (Wildman–Crippen MR) is 72.9 cm³/mol. The lowest BCUT2D eigenvalue weighted by Crippen LogP contribution is -2.15. The van der Waals surface area contributed by atoms with Gasteiger partial charge in [-0.2, -0.15) is 8.78 Å². The fourth-order valence-corrected chi connectivity index (χ4v) is 1.87. The number of hydrogen-bond acceptors (Lipinski definition) is 3. The smallest absolute Gasteiger partial charge is 0.387 e. The van der Waals surface area contributed by atoms with Crippen LogP contribution in [0.25, 0.3) is 0 Å². The molecule has 0 unspecified atom stereocenters. The molecule has 2 rings (SSSR count). The standard InChI is InChI=1S/C16H12F2O3/c1-10-4-2-3-5-13(10)15(20)14(19)11-6-8-12(9-7-11)21-16(17)18/h2-9,16H,1H3. The van der Waals surface area contributed by atoms with Crippen LogP contribution < -0.4 is 4.74 Å². The van der Waals surface area contributed by atoms with Crippen molar-refractivity contribution in [3.8, 4) is 5.75 Å². The van der Waals surface area contributed by atoms with Crippen molar-refractivity contribution in [2.75, 3.05) is 0 Å². The van der Waals surface area contributed by atoms with Crippen LogP contribution in [-0.4, -0.2) is 18.2 Å². The molecule has 0 saturated carbocycles. The third-order valence-corrected chi connectivity index (χ3v) is 2.94. The SMILES string of the molecule is Cc1ccccc1C(=O)C(=O)c1ccc(OC(F)F)cc1. The highest BCUT2D eigenvalue weighted by Gasteiger charge is 2.19. The number of alkyl halides is 2. The first-order valence-electron chi connectivity index (χ1n) is 6.18. The van der Waals surface area contributed by atoms with Crippen molar-refractivity contribution in [1.29, 1.82) is 0 Å². The summed E-state index contributed by atoms with van der Waals surface area (Å²) in [5.41, 5.74) is 1.16. The number of Topliss-reactive ketones (excluding diaryl/α,β-unsaturated/α-hetero) is 2.